The minimum absolute atomic E-state index is 0.0283. The lowest BCUT2D eigenvalue weighted by atomic mass is 10.1. The maximum Gasteiger partial charge on any atom is 0.199 e. The Morgan fingerprint density at radius 1 is 1.13 bits per heavy atom. The average Bonchev–Trinajstić information content (AvgIpc) is 2.75. The lowest BCUT2D eigenvalue weighted by Crippen LogP contribution is -2.36. The smallest absolute Gasteiger partial charge is 0.199 e. The molecule has 0 bridgehead atoms. The van der Waals surface area contributed by atoms with Gasteiger partial charge in [-0.3, -0.25) is 5.43 Å². The third-order valence-electron chi connectivity index (χ3n) is 4.53. The number of aliphatic imine (C=N–C) groups is 3. The first-order valence-electron chi connectivity index (χ1n) is 9.23. The molecule has 1 aliphatic rings. The standard InChI is InChI=1S/C21H23N7O3/c1-12-7-5-9-16(13(12)2)25-20-21(24-14(3)19(26-20)28-31-22)27-23-11-15-8-6-10-17(30-4)18(15)29/h5-11,29H,3,22H2,1-2,4H3,(H,24,27)(H,25,26,28)/b23-11+. The summed E-state index contributed by atoms with van der Waals surface area (Å²) >= 11 is 0. The fourth-order valence-corrected chi connectivity index (χ4v) is 2.69. The van der Waals surface area contributed by atoms with Crippen LogP contribution >= 0.6 is 0 Å². The zero-order chi connectivity index (χ0) is 22.4. The van der Waals surface area contributed by atoms with Crippen LogP contribution < -0.4 is 21.5 Å². The molecule has 31 heavy (non-hydrogen) atoms. The maximum absolute atomic E-state index is 10.2. The van der Waals surface area contributed by atoms with E-state index in [4.69, 9.17) is 10.6 Å². The van der Waals surface area contributed by atoms with Gasteiger partial charge in [-0.15, -0.1) is 0 Å². The van der Waals surface area contributed by atoms with Crippen molar-refractivity contribution in [1.82, 2.24) is 10.9 Å². The second kappa shape index (κ2) is 9.65. The van der Waals surface area contributed by atoms with Crippen LogP contribution in [0.3, 0.4) is 0 Å². The van der Waals surface area contributed by atoms with Crippen LogP contribution in [0.5, 0.6) is 11.5 Å². The van der Waals surface area contributed by atoms with Crippen LogP contribution in [-0.2, 0) is 4.94 Å². The fourth-order valence-electron chi connectivity index (χ4n) is 2.69. The van der Waals surface area contributed by atoms with Crippen molar-refractivity contribution in [1.29, 1.82) is 0 Å². The van der Waals surface area contributed by atoms with Crippen LogP contribution in [0.25, 0.3) is 0 Å². The molecule has 0 atom stereocenters. The van der Waals surface area contributed by atoms with E-state index in [9.17, 15) is 5.11 Å². The van der Waals surface area contributed by atoms with Gasteiger partial charge in [0.1, 0.15) is 5.70 Å². The molecule has 2 aromatic carbocycles. The number of ether oxygens (including phenoxy) is 1. The van der Waals surface area contributed by atoms with Gasteiger partial charge < -0.3 is 9.84 Å². The monoisotopic (exact) mass is 421 g/mol. The SMILES string of the molecule is C=C1N=C(N/N=C/c2cccc(OC)c2O)C(=Nc2cccc(C)c2C)N=C1NON. The first kappa shape index (κ1) is 21.7. The Hall–Kier alpha value is -4.02. The summed E-state index contributed by atoms with van der Waals surface area (Å²) in [5, 5.41) is 14.3. The summed E-state index contributed by atoms with van der Waals surface area (Å²) in [6.45, 7) is 7.79. The first-order chi connectivity index (χ1) is 14.9. The normalized spacial score (nSPS) is 15.1. The molecule has 0 saturated heterocycles. The molecule has 0 radical (unpaired) electrons. The Kier molecular flexibility index (Phi) is 6.75. The van der Waals surface area contributed by atoms with Gasteiger partial charge >= 0.3 is 0 Å². The molecule has 10 heteroatoms. The van der Waals surface area contributed by atoms with Gasteiger partial charge in [-0.25, -0.2) is 20.5 Å². The number of nitrogens with two attached hydrogens (primary N) is 1. The van der Waals surface area contributed by atoms with Crippen molar-refractivity contribution in [2.75, 3.05) is 7.11 Å². The summed E-state index contributed by atoms with van der Waals surface area (Å²) < 4.78 is 5.10. The van der Waals surface area contributed by atoms with E-state index in [-0.39, 0.29) is 29.0 Å². The van der Waals surface area contributed by atoms with Crippen molar-refractivity contribution in [3.8, 4) is 11.5 Å². The number of benzene rings is 2. The van der Waals surface area contributed by atoms with E-state index in [1.165, 1.54) is 13.3 Å². The van der Waals surface area contributed by atoms with Gasteiger partial charge in [-0.2, -0.15) is 15.9 Å². The lowest BCUT2D eigenvalue weighted by molar-refractivity contribution is 0.0868. The third kappa shape index (κ3) is 4.94. The van der Waals surface area contributed by atoms with Crippen LogP contribution in [0.4, 0.5) is 5.69 Å². The molecule has 0 aliphatic carbocycles. The van der Waals surface area contributed by atoms with Gasteiger partial charge in [-0.05, 0) is 43.2 Å². The van der Waals surface area contributed by atoms with Gasteiger partial charge in [0.05, 0.1) is 19.0 Å². The second-order valence-corrected chi connectivity index (χ2v) is 6.51. The molecular formula is C21H23N7O3. The zero-order valence-electron chi connectivity index (χ0n) is 17.4. The summed E-state index contributed by atoms with van der Waals surface area (Å²) in [4.78, 5) is 17.8. The number of phenols is 1. The molecular weight excluding hydrogens is 398 g/mol. The van der Waals surface area contributed by atoms with Crippen molar-refractivity contribution >= 4 is 29.4 Å². The highest BCUT2D eigenvalue weighted by Crippen LogP contribution is 2.28. The summed E-state index contributed by atoms with van der Waals surface area (Å²) in [7, 11) is 1.47. The Morgan fingerprint density at radius 2 is 1.90 bits per heavy atom. The average molecular weight is 421 g/mol. The predicted molar refractivity (Wildman–Crippen MR) is 121 cm³/mol. The Bertz CT molecular complexity index is 1120. The highest BCUT2D eigenvalue weighted by Gasteiger charge is 2.19. The summed E-state index contributed by atoms with van der Waals surface area (Å²) in [6.07, 6.45) is 1.43. The number of methoxy groups -OCH3 is 1. The van der Waals surface area contributed by atoms with E-state index < -0.39 is 0 Å². The quantitative estimate of drug-likeness (QED) is 0.432. The van der Waals surface area contributed by atoms with Gasteiger partial charge in [-0.1, -0.05) is 24.8 Å². The van der Waals surface area contributed by atoms with Crippen molar-refractivity contribution < 1.29 is 14.8 Å². The largest absolute Gasteiger partial charge is 0.504 e. The molecule has 0 aromatic heterocycles. The van der Waals surface area contributed by atoms with Gasteiger partial charge in [0.15, 0.2) is 29.0 Å². The second-order valence-electron chi connectivity index (χ2n) is 6.51. The van der Waals surface area contributed by atoms with E-state index in [2.05, 4.69) is 42.5 Å². The first-order valence-corrected chi connectivity index (χ1v) is 9.23. The molecule has 1 aliphatic heterocycles. The molecule has 0 unspecified atom stereocenters. The highest BCUT2D eigenvalue weighted by atomic mass is 16.8. The Balaban J connectivity index is 1.93. The van der Waals surface area contributed by atoms with Gasteiger partial charge in [0.25, 0.3) is 0 Å². The number of hydrogen-bond acceptors (Lipinski definition) is 9. The highest BCUT2D eigenvalue weighted by molar-refractivity contribution is 6.45. The number of nitrogens with one attached hydrogen (secondary N) is 2. The van der Waals surface area contributed by atoms with Crippen LogP contribution in [0.15, 0.2) is 68.8 Å². The van der Waals surface area contributed by atoms with Crippen LogP contribution in [-0.4, -0.2) is 35.9 Å². The minimum atomic E-state index is -0.0283. The molecule has 0 saturated carbocycles. The molecule has 1 heterocycles. The molecule has 2 aromatic rings. The predicted octanol–water partition coefficient (Wildman–Crippen LogP) is 2.39. The Morgan fingerprint density at radius 3 is 2.65 bits per heavy atom. The molecule has 160 valence electrons. The molecule has 3 rings (SSSR count). The minimum Gasteiger partial charge on any atom is -0.504 e. The lowest BCUT2D eigenvalue weighted by Gasteiger charge is -2.16. The van der Waals surface area contributed by atoms with Gasteiger partial charge in [0.2, 0.25) is 0 Å². The number of phenolic OH excluding ortho intramolecular Hbond substituents is 1. The summed E-state index contributed by atoms with van der Waals surface area (Å²) in [6, 6.07) is 10.8. The Labute approximate surface area is 179 Å². The molecule has 0 spiro atoms. The summed E-state index contributed by atoms with van der Waals surface area (Å²) in [5.41, 5.74) is 8.77. The van der Waals surface area contributed by atoms with Crippen LogP contribution in [0.1, 0.15) is 16.7 Å². The van der Waals surface area contributed by atoms with E-state index in [0.717, 1.165) is 16.8 Å². The zero-order valence-corrected chi connectivity index (χ0v) is 17.4. The van der Waals surface area contributed by atoms with Gasteiger partial charge in [0, 0.05) is 5.56 Å². The van der Waals surface area contributed by atoms with E-state index >= 15 is 0 Å². The number of hydrazone groups is 1. The number of rotatable bonds is 5. The van der Waals surface area contributed by atoms with E-state index in [1.54, 1.807) is 18.2 Å². The molecule has 10 nitrogen and oxygen atoms in total. The van der Waals surface area contributed by atoms with Crippen molar-refractivity contribution in [2.45, 2.75) is 13.8 Å². The van der Waals surface area contributed by atoms with Crippen molar-refractivity contribution in [2.24, 2.45) is 26.0 Å². The number of para-hydroxylation sites is 1. The van der Waals surface area contributed by atoms with Crippen LogP contribution in [0.2, 0.25) is 0 Å². The maximum atomic E-state index is 10.2. The number of aromatic hydroxyl groups is 1. The number of hydroxylamine groups is 1. The van der Waals surface area contributed by atoms with Crippen molar-refractivity contribution in [3.63, 3.8) is 0 Å². The van der Waals surface area contributed by atoms with E-state index in [0.29, 0.717) is 11.3 Å². The fraction of sp³-hybridized carbons (Fsp3) is 0.143. The molecule has 0 amide bonds. The number of aryl methyl sites for hydroxylation is 1. The van der Waals surface area contributed by atoms with Crippen molar-refractivity contribution in [3.05, 3.63) is 65.4 Å². The topological polar surface area (TPSA) is 138 Å². The third-order valence-corrected chi connectivity index (χ3v) is 4.53. The number of nitrogens with zero attached hydrogens (tertiary/aromatic N) is 4. The molecule has 5 N–H and O–H groups in total. The number of hydrogen-bond donors (Lipinski definition) is 4. The van der Waals surface area contributed by atoms with Crippen LogP contribution in [0, 0.1) is 13.8 Å². The number of amidine groups is 3. The molecule has 0 fully saturated rings. The summed E-state index contributed by atoms with van der Waals surface area (Å²) in [5.74, 6) is 6.11. The van der Waals surface area contributed by atoms with E-state index in [1.807, 2.05) is 32.0 Å².